The number of hydrogen-bond acceptors (Lipinski definition) is 3. The van der Waals surface area contributed by atoms with Crippen LogP contribution in [0.25, 0.3) is 20.8 Å². The molecule has 0 amide bonds. The molecule has 3 nitrogen and oxygen atoms in total. The highest BCUT2D eigenvalue weighted by Crippen LogP contribution is 2.36. The van der Waals surface area contributed by atoms with Crippen molar-refractivity contribution in [3.8, 4) is 10.6 Å². The molecule has 3 rings (SSSR count). The van der Waals surface area contributed by atoms with Crippen molar-refractivity contribution in [2.75, 3.05) is 0 Å². The van der Waals surface area contributed by atoms with Crippen LogP contribution in [0.5, 0.6) is 0 Å². The molecule has 0 aliphatic carbocycles. The van der Waals surface area contributed by atoms with E-state index in [0.29, 0.717) is 0 Å². The molecule has 0 radical (unpaired) electrons. The standard InChI is InChI=1S/C14H7Br2NO2S/c15-8-2-3-10(16)9(6-8)13-17-11-4-1-7(14(18)19)5-12(11)20-13/h1-6H,(H,18,19). The zero-order chi connectivity index (χ0) is 14.3. The summed E-state index contributed by atoms with van der Waals surface area (Å²) in [5, 5.41) is 9.88. The highest BCUT2D eigenvalue weighted by molar-refractivity contribution is 9.11. The molecule has 3 aromatic rings. The molecule has 0 spiro atoms. The molecule has 0 fully saturated rings. The van der Waals surface area contributed by atoms with Crippen LogP contribution in [0.1, 0.15) is 10.4 Å². The van der Waals surface area contributed by atoms with Gasteiger partial charge in [0.15, 0.2) is 0 Å². The van der Waals surface area contributed by atoms with Crippen molar-refractivity contribution in [1.82, 2.24) is 4.98 Å². The average molecular weight is 413 g/mol. The third-order valence-electron chi connectivity index (χ3n) is 2.79. The fourth-order valence-corrected chi connectivity index (χ4v) is 3.80. The van der Waals surface area contributed by atoms with Crippen LogP contribution >= 0.6 is 43.2 Å². The summed E-state index contributed by atoms with van der Waals surface area (Å²) < 4.78 is 2.80. The van der Waals surface area contributed by atoms with E-state index in [0.717, 1.165) is 29.7 Å². The molecule has 1 N–H and O–H groups in total. The summed E-state index contributed by atoms with van der Waals surface area (Å²) >= 11 is 8.44. The summed E-state index contributed by atoms with van der Waals surface area (Å²) in [7, 11) is 0. The van der Waals surface area contributed by atoms with Gasteiger partial charge in [-0.2, -0.15) is 0 Å². The third kappa shape index (κ3) is 2.51. The van der Waals surface area contributed by atoms with Crippen LogP contribution in [0.2, 0.25) is 0 Å². The van der Waals surface area contributed by atoms with Crippen LogP contribution in [-0.2, 0) is 0 Å². The van der Waals surface area contributed by atoms with Gasteiger partial charge >= 0.3 is 5.97 Å². The van der Waals surface area contributed by atoms with E-state index in [2.05, 4.69) is 36.8 Å². The number of carboxylic acid groups (broad SMARTS) is 1. The molecule has 100 valence electrons. The largest absolute Gasteiger partial charge is 0.478 e. The van der Waals surface area contributed by atoms with Gasteiger partial charge in [-0.05, 0) is 36.4 Å². The van der Waals surface area contributed by atoms with E-state index >= 15 is 0 Å². The van der Waals surface area contributed by atoms with Crippen molar-refractivity contribution >= 4 is 59.4 Å². The van der Waals surface area contributed by atoms with E-state index in [4.69, 9.17) is 5.11 Å². The van der Waals surface area contributed by atoms with Gasteiger partial charge in [0, 0.05) is 14.5 Å². The molecule has 0 aliphatic heterocycles. The number of thiazole rings is 1. The predicted octanol–water partition coefficient (Wildman–Crippen LogP) is 5.19. The normalized spacial score (nSPS) is 10.9. The maximum Gasteiger partial charge on any atom is 0.335 e. The molecule has 1 heterocycles. The van der Waals surface area contributed by atoms with Gasteiger partial charge in [-0.15, -0.1) is 11.3 Å². The van der Waals surface area contributed by atoms with Crippen molar-refractivity contribution in [3.63, 3.8) is 0 Å². The monoisotopic (exact) mass is 411 g/mol. The Morgan fingerprint density at radius 2 is 1.95 bits per heavy atom. The van der Waals surface area contributed by atoms with Crippen molar-refractivity contribution in [3.05, 3.63) is 50.9 Å². The predicted molar refractivity (Wildman–Crippen MR) is 87.4 cm³/mol. The topological polar surface area (TPSA) is 50.2 Å². The van der Waals surface area contributed by atoms with Crippen LogP contribution in [0, 0.1) is 0 Å². The summed E-state index contributed by atoms with van der Waals surface area (Å²) in [5.41, 5.74) is 2.07. The molecule has 6 heteroatoms. The van der Waals surface area contributed by atoms with Gasteiger partial charge in [0.2, 0.25) is 0 Å². The number of hydrogen-bond donors (Lipinski definition) is 1. The maximum absolute atomic E-state index is 11.0. The molecule has 0 unspecified atom stereocenters. The highest BCUT2D eigenvalue weighted by Gasteiger charge is 2.12. The number of halogens is 2. The van der Waals surface area contributed by atoms with Crippen molar-refractivity contribution in [2.24, 2.45) is 0 Å². The minimum absolute atomic E-state index is 0.279. The lowest BCUT2D eigenvalue weighted by Gasteiger charge is -2.00. The molecular weight excluding hydrogens is 406 g/mol. The number of rotatable bonds is 2. The van der Waals surface area contributed by atoms with Crippen LogP contribution < -0.4 is 0 Å². The highest BCUT2D eigenvalue weighted by atomic mass is 79.9. The molecule has 0 atom stereocenters. The van der Waals surface area contributed by atoms with Gasteiger partial charge in [0.1, 0.15) is 5.01 Å². The zero-order valence-corrected chi connectivity index (χ0v) is 13.9. The molecule has 0 saturated carbocycles. The Labute approximate surface area is 135 Å². The Balaban J connectivity index is 2.17. The van der Waals surface area contributed by atoms with E-state index < -0.39 is 5.97 Å². The molecule has 0 saturated heterocycles. The summed E-state index contributed by atoms with van der Waals surface area (Å²) in [6.07, 6.45) is 0. The quantitative estimate of drug-likeness (QED) is 0.630. The van der Waals surface area contributed by atoms with Crippen molar-refractivity contribution < 1.29 is 9.90 Å². The maximum atomic E-state index is 11.0. The smallest absolute Gasteiger partial charge is 0.335 e. The van der Waals surface area contributed by atoms with Crippen LogP contribution in [-0.4, -0.2) is 16.1 Å². The van der Waals surface area contributed by atoms with E-state index in [9.17, 15) is 4.79 Å². The molecular formula is C14H7Br2NO2S. The first-order chi connectivity index (χ1) is 9.54. The molecule has 20 heavy (non-hydrogen) atoms. The lowest BCUT2D eigenvalue weighted by Crippen LogP contribution is -1.94. The first-order valence-electron chi connectivity index (χ1n) is 5.64. The fourth-order valence-electron chi connectivity index (χ4n) is 1.83. The fraction of sp³-hybridized carbons (Fsp3) is 0. The van der Waals surface area contributed by atoms with Gasteiger partial charge in [-0.1, -0.05) is 31.9 Å². The zero-order valence-electron chi connectivity index (χ0n) is 9.93. The number of benzene rings is 2. The first-order valence-corrected chi connectivity index (χ1v) is 8.04. The Morgan fingerprint density at radius 1 is 1.15 bits per heavy atom. The van der Waals surface area contributed by atoms with E-state index in [-0.39, 0.29) is 5.56 Å². The van der Waals surface area contributed by atoms with Gasteiger partial charge in [-0.25, -0.2) is 9.78 Å². The summed E-state index contributed by atoms with van der Waals surface area (Å²) in [6.45, 7) is 0. The second-order valence-electron chi connectivity index (χ2n) is 4.13. The minimum Gasteiger partial charge on any atom is -0.478 e. The Bertz CT molecular complexity index is 829. The van der Waals surface area contributed by atoms with Gasteiger partial charge < -0.3 is 5.11 Å². The van der Waals surface area contributed by atoms with E-state index in [1.807, 2.05) is 18.2 Å². The second kappa shape index (κ2) is 5.27. The van der Waals surface area contributed by atoms with Crippen LogP contribution in [0.3, 0.4) is 0 Å². The Morgan fingerprint density at radius 3 is 2.70 bits per heavy atom. The average Bonchev–Trinajstić information content (AvgIpc) is 2.83. The number of carboxylic acids is 1. The molecule has 0 aliphatic rings. The number of aromatic nitrogens is 1. The molecule has 0 bridgehead atoms. The number of aromatic carboxylic acids is 1. The molecule has 2 aromatic carbocycles. The number of nitrogens with zero attached hydrogens (tertiary/aromatic N) is 1. The lowest BCUT2D eigenvalue weighted by atomic mass is 10.2. The Kier molecular flexibility index (Phi) is 3.62. The number of fused-ring (bicyclic) bond motifs is 1. The molecule has 1 aromatic heterocycles. The van der Waals surface area contributed by atoms with Crippen LogP contribution in [0.15, 0.2) is 45.3 Å². The first kappa shape index (κ1) is 13.7. The second-order valence-corrected chi connectivity index (χ2v) is 6.93. The SMILES string of the molecule is O=C(O)c1ccc2nc(-c3cc(Br)ccc3Br)sc2c1. The summed E-state index contributed by atoms with van der Waals surface area (Å²) in [4.78, 5) is 15.6. The van der Waals surface area contributed by atoms with E-state index in [1.54, 1.807) is 18.2 Å². The number of carbonyl (C=O) groups is 1. The van der Waals surface area contributed by atoms with Gasteiger partial charge in [-0.3, -0.25) is 0 Å². The Hall–Kier alpha value is -1.24. The summed E-state index contributed by atoms with van der Waals surface area (Å²) in [5.74, 6) is -0.925. The van der Waals surface area contributed by atoms with Gasteiger partial charge in [0.25, 0.3) is 0 Å². The van der Waals surface area contributed by atoms with E-state index in [1.165, 1.54) is 11.3 Å². The van der Waals surface area contributed by atoms with Crippen LogP contribution in [0.4, 0.5) is 0 Å². The minimum atomic E-state index is -0.925. The van der Waals surface area contributed by atoms with Crippen molar-refractivity contribution in [2.45, 2.75) is 0 Å². The lowest BCUT2D eigenvalue weighted by molar-refractivity contribution is 0.0697. The van der Waals surface area contributed by atoms with Gasteiger partial charge in [0.05, 0.1) is 15.8 Å². The summed E-state index contributed by atoms with van der Waals surface area (Å²) in [6, 6.07) is 10.9. The third-order valence-corrected chi connectivity index (χ3v) is 5.03. The van der Waals surface area contributed by atoms with Crippen molar-refractivity contribution in [1.29, 1.82) is 0 Å².